The second-order valence-corrected chi connectivity index (χ2v) is 5.54. The summed E-state index contributed by atoms with van der Waals surface area (Å²) in [6.07, 6.45) is 2.45. The predicted molar refractivity (Wildman–Crippen MR) is 83.8 cm³/mol. The maximum absolute atomic E-state index is 12.1. The normalized spacial score (nSPS) is 12.0. The van der Waals surface area contributed by atoms with Crippen molar-refractivity contribution in [2.24, 2.45) is 0 Å². The fraction of sp³-hybridized carbons (Fsp3) is 0.533. The molecule has 0 aliphatic rings. The van der Waals surface area contributed by atoms with Gasteiger partial charge in [-0.1, -0.05) is 24.1 Å². The SMILES string of the molecule is CC(Oc1cccc(Cl)c1)C(=O)N(C)CCCCCCl. The highest BCUT2D eigenvalue weighted by Gasteiger charge is 2.18. The summed E-state index contributed by atoms with van der Waals surface area (Å²) in [5, 5.41) is 0.594. The lowest BCUT2D eigenvalue weighted by molar-refractivity contribution is -0.136. The number of carbonyl (C=O) groups is 1. The number of amides is 1. The summed E-state index contributed by atoms with van der Waals surface area (Å²) in [6, 6.07) is 7.05. The third kappa shape index (κ3) is 6.02. The molecule has 1 unspecified atom stereocenters. The van der Waals surface area contributed by atoms with Gasteiger partial charge in [0.25, 0.3) is 5.91 Å². The fourth-order valence-electron chi connectivity index (χ4n) is 1.84. The maximum atomic E-state index is 12.1. The molecule has 1 aromatic rings. The molecule has 1 atom stereocenters. The number of halogens is 2. The van der Waals surface area contributed by atoms with Crippen LogP contribution in [0.25, 0.3) is 0 Å². The van der Waals surface area contributed by atoms with Gasteiger partial charge in [0.15, 0.2) is 6.10 Å². The quantitative estimate of drug-likeness (QED) is 0.536. The van der Waals surface area contributed by atoms with E-state index in [1.54, 1.807) is 43.1 Å². The summed E-state index contributed by atoms with van der Waals surface area (Å²) in [5.41, 5.74) is 0. The van der Waals surface area contributed by atoms with Crippen molar-refractivity contribution >= 4 is 29.1 Å². The van der Waals surface area contributed by atoms with E-state index in [4.69, 9.17) is 27.9 Å². The number of rotatable bonds is 8. The van der Waals surface area contributed by atoms with Crippen LogP contribution in [0, 0.1) is 0 Å². The Morgan fingerprint density at radius 1 is 1.35 bits per heavy atom. The molecule has 0 aliphatic carbocycles. The van der Waals surface area contributed by atoms with Crippen LogP contribution in [0.4, 0.5) is 0 Å². The zero-order valence-electron chi connectivity index (χ0n) is 11.9. The Hall–Kier alpha value is -0.930. The number of carbonyl (C=O) groups excluding carboxylic acids is 1. The lowest BCUT2D eigenvalue weighted by Crippen LogP contribution is -2.38. The van der Waals surface area contributed by atoms with Gasteiger partial charge in [-0.25, -0.2) is 0 Å². The first-order chi connectivity index (χ1) is 9.54. The average Bonchev–Trinajstić information content (AvgIpc) is 2.42. The number of hydrogen-bond acceptors (Lipinski definition) is 2. The van der Waals surface area contributed by atoms with Gasteiger partial charge >= 0.3 is 0 Å². The smallest absolute Gasteiger partial charge is 0.263 e. The Kier molecular flexibility index (Phi) is 7.78. The van der Waals surface area contributed by atoms with E-state index in [1.807, 2.05) is 0 Å². The number of nitrogens with zero attached hydrogens (tertiary/aromatic N) is 1. The van der Waals surface area contributed by atoms with Crippen LogP contribution in [0.15, 0.2) is 24.3 Å². The first-order valence-corrected chi connectivity index (χ1v) is 7.69. The largest absolute Gasteiger partial charge is 0.481 e. The van der Waals surface area contributed by atoms with E-state index >= 15 is 0 Å². The van der Waals surface area contributed by atoms with Crippen LogP contribution in [0.3, 0.4) is 0 Å². The zero-order valence-corrected chi connectivity index (χ0v) is 13.5. The molecule has 1 amide bonds. The number of hydrogen-bond donors (Lipinski definition) is 0. The second kappa shape index (κ2) is 9.09. The molecule has 0 spiro atoms. The minimum Gasteiger partial charge on any atom is -0.481 e. The van der Waals surface area contributed by atoms with E-state index in [2.05, 4.69) is 0 Å². The third-order valence-electron chi connectivity index (χ3n) is 2.96. The Morgan fingerprint density at radius 2 is 2.10 bits per heavy atom. The molecule has 1 aromatic carbocycles. The topological polar surface area (TPSA) is 29.5 Å². The van der Waals surface area contributed by atoms with Crippen molar-refractivity contribution < 1.29 is 9.53 Å². The van der Waals surface area contributed by atoms with Gasteiger partial charge in [0.05, 0.1) is 0 Å². The van der Waals surface area contributed by atoms with E-state index in [9.17, 15) is 4.79 Å². The first-order valence-electron chi connectivity index (χ1n) is 6.77. The van der Waals surface area contributed by atoms with Gasteiger partial charge in [0.1, 0.15) is 5.75 Å². The molecule has 3 nitrogen and oxygen atoms in total. The number of benzene rings is 1. The molecule has 20 heavy (non-hydrogen) atoms. The Bertz CT molecular complexity index is 426. The van der Waals surface area contributed by atoms with Crippen LogP contribution in [-0.4, -0.2) is 36.4 Å². The molecule has 0 aliphatic heterocycles. The van der Waals surface area contributed by atoms with E-state index in [1.165, 1.54) is 0 Å². The van der Waals surface area contributed by atoms with E-state index in [-0.39, 0.29) is 5.91 Å². The lowest BCUT2D eigenvalue weighted by atomic mass is 10.2. The van der Waals surface area contributed by atoms with Gasteiger partial charge in [-0.05, 0) is 38.0 Å². The average molecular weight is 318 g/mol. The van der Waals surface area contributed by atoms with E-state index < -0.39 is 6.10 Å². The van der Waals surface area contributed by atoms with Gasteiger partial charge in [0.2, 0.25) is 0 Å². The number of likely N-dealkylation sites (N-methyl/N-ethyl adjacent to an activating group) is 1. The van der Waals surface area contributed by atoms with Crippen molar-refractivity contribution in [3.8, 4) is 5.75 Å². The van der Waals surface area contributed by atoms with Crippen LogP contribution < -0.4 is 4.74 Å². The maximum Gasteiger partial charge on any atom is 0.263 e. The van der Waals surface area contributed by atoms with Crippen molar-refractivity contribution in [2.75, 3.05) is 19.5 Å². The van der Waals surface area contributed by atoms with Gasteiger partial charge in [-0.15, -0.1) is 11.6 Å². The van der Waals surface area contributed by atoms with Gasteiger partial charge in [-0.2, -0.15) is 0 Å². The third-order valence-corrected chi connectivity index (χ3v) is 3.46. The molecule has 0 N–H and O–H groups in total. The summed E-state index contributed by atoms with van der Waals surface area (Å²) < 4.78 is 5.61. The highest BCUT2D eigenvalue weighted by molar-refractivity contribution is 6.30. The molecule has 0 radical (unpaired) electrons. The minimum absolute atomic E-state index is 0.0316. The number of unbranched alkanes of at least 4 members (excludes halogenated alkanes) is 2. The molecular formula is C15H21Cl2NO2. The van der Waals surface area contributed by atoms with Crippen LogP contribution in [0.5, 0.6) is 5.75 Å². The molecule has 0 fully saturated rings. The molecule has 0 bridgehead atoms. The highest BCUT2D eigenvalue weighted by atomic mass is 35.5. The van der Waals surface area contributed by atoms with Crippen LogP contribution in [0.1, 0.15) is 26.2 Å². The van der Waals surface area contributed by atoms with Crippen molar-refractivity contribution in [3.63, 3.8) is 0 Å². The van der Waals surface area contributed by atoms with Crippen LogP contribution in [0.2, 0.25) is 5.02 Å². The first kappa shape index (κ1) is 17.1. The summed E-state index contributed by atoms with van der Waals surface area (Å²) in [4.78, 5) is 13.8. The Morgan fingerprint density at radius 3 is 2.75 bits per heavy atom. The highest BCUT2D eigenvalue weighted by Crippen LogP contribution is 2.18. The van der Waals surface area contributed by atoms with Crippen molar-refractivity contribution in [1.82, 2.24) is 4.90 Å². The van der Waals surface area contributed by atoms with Crippen molar-refractivity contribution in [1.29, 1.82) is 0 Å². The molecule has 0 saturated heterocycles. The van der Waals surface area contributed by atoms with Crippen molar-refractivity contribution in [2.45, 2.75) is 32.3 Å². The lowest BCUT2D eigenvalue weighted by Gasteiger charge is -2.22. The van der Waals surface area contributed by atoms with Gasteiger partial charge in [0, 0.05) is 24.5 Å². The molecule has 0 heterocycles. The predicted octanol–water partition coefficient (Wildman–Crippen LogP) is 3.97. The number of ether oxygens (including phenoxy) is 1. The Balaban J connectivity index is 2.41. The molecule has 1 rings (SSSR count). The molecule has 112 valence electrons. The van der Waals surface area contributed by atoms with E-state index in [0.717, 1.165) is 25.8 Å². The fourth-order valence-corrected chi connectivity index (χ4v) is 2.20. The monoisotopic (exact) mass is 317 g/mol. The minimum atomic E-state index is -0.522. The standard InChI is InChI=1S/C15H21Cl2NO2/c1-12(20-14-8-6-7-13(17)11-14)15(19)18(2)10-5-3-4-9-16/h6-8,11-12H,3-5,9-10H2,1-2H3. The van der Waals surface area contributed by atoms with Crippen molar-refractivity contribution in [3.05, 3.63) is 29.3 Å². The Labute approximate surface area is 130 Å². The summed E-state index contributed by atoms with van der Waals surface area (Å²) in [6.45, 7) is 2.47. The summed E-state index contributed by atoms with van der Waals surface area (Å²) in [5.74, 6) is 1.25. The zero-order chi connectivity index (χ0) is 15.0. The van der Waals surface area contributed by atoms with Gasteiger partial charge in [-0.3, -0.25) is 4.79 Å². The second-order valence-electron chi connectivity index (χ2n) is 4.73. The molecule has 0 aromatic heterocycles. The molecule has 0 saturated carbocycles. The molecular weight excluding hydrogens is 297 g/mol. The van der Waals surface area contributed by atoms with E-state index in [0.29, 0.717) is 16.7 Å². The summed E-state index contributed by atoms with van der Waals surface area (Å²) >= 11 is 11.5. The summed E-state index contributed by atoms with van der Waals surface area (Å²) in [7, 11) is 1.79. The van der Waals surface area contributed by atoms with Crippen LogP contribution >= 0.6 is 23.2 Å². The number of alkyl halides is 1. The van der Waals surface area contributed by atoms with Crippen LogP contribution in [-0.2, 0) is 4.79 Å². The molecule has 5 heteroatoms. The van der Waals surface area contributed by atoms with Gasteiger partial charge < -0.3 is 9.64 Å².